The second-order valence-electron chi connectivity index (χ2n) is 4.40. The third-order valence-electron chi connectivity index (χ3n) is 2.92. The Morgan fingerprint density at radius 1 is 1.21 bits per heavy atom. The number of aliphatic hydroxyl groups is 1. The van der Waals surface area contributed by atoms with Crippen molar-refractivity contribution in [2.75, 3.05) is 6.61 Å². The van der Waals surface area contributed by atoms with Crippen LogP contribution < -0.4 is 0 Å². The van der Waals surface area contributed by atoms with Crippen molar-refractivity contribution in [2.45, 2.75) is 13.8 Å². The fraction of sp³-hybridized carbons (Fsp3) is 0.188. The summed E-state index contributed by atoms with van der Waals surface area (Å²) in [4.78, 5) is 4.42. The van der Waals surface area contributed by atoms with E-state index < -0.39 is 0 Å². The molecule has 0 amide bonds. The molecule has 2 rings (SSSR count). The molecule has 0 saturated carbocycles. The standard InChI is InChI=1S/C16H16FNO/c1-11-10-16(13-5-7-14(17)8-6-13)15(4-3-9-19)12(2)18-11/h3-8,10,19H,9H2,1-2H3/b4-3+. The number of pyridine rings is 1. The lowest BCUT2D eigenvalue weighted by atomic mass is 9.98. The van der Waals surface area contributed by atoms with Crippen LogP contribution in [-0.2, 0) is 0 Å². The van der Waals surface area contributed by atoms with Gasteiger partial charge in [-0.15, -0.1) is 0 Å². The van der Waals surface area contributed by atoms with E-state index in [1.807, 2.05) is 26.0 Å². The minimum Gasteiger partial charge on any atom is -0.392 e. The second kappa shape index (κ2) is 5.76. The summed E-state index contributed by atoms with van der Waals surface area (Å²) < 4.78 is 13.0. The Kier molecular flexibility index (Phi) is 4.07. The highest BCUT2D eigenvalue weighted by molar-refractivity contribution is 5.76. The van der Waals surface area contributed by atoms with Crippen molar-refractivity contribution in [3.8, 4) is 11.1 Å². The Morgan fingerprint density at radius 3 is 2.53 bits per heavy atom. The van der Waals surface area contributed by atoms with Crippen LogP contribution in [0.4, 0.5) is 4.39 Å². The van der Waals surface area contributed by atoms with Gasteiger partial charge in [-0.2, -0.15) is 0 Å². The number of aromatic nitrogens is 1. The number of aryl methyl sites for hydroxylation is 2. The minimum atomic E-state index is -0.251. The zero-order valence-electron chi connectivity index (χ0n) is 11.0. The van der Waals surface area contributed by atoms with E-state index in [1.54, 1.807) is 18.2 Å². The highest BCUT2D eigenvalue weighted by Crippen LogP contribution is 2.27. The maximum absolute atomic E-state index is 13.0. The number of hydrogen-bond acceptors (Lipinski definition) is 2. The van der Waals surface area contributed by atoms with Crippen LogP contribution in [0, 0.1) is 19.7 Å². The summed E-state index contributed by atoms with van der Waals surface area (Å²) in [7, 11) is 0. The summed E-state index contributed by atoms with van der Waals surface area (Å²) in [5.74, 6) is -0.251. The molecule has 0 fully saturated rings. The largest absolute Gasteiger partial charge is 0.392 e. The molecular weight excluding hydrogens is 241 g/mol. The summed E-state index contributed by atoms with van der Waals surface area (Å²) in [6.07, 6.45) is 3.52. The maximum Gasteiger partial charge on any atom is 0.123 e. The van der Waals surface area contributed by atoms with Crippen LogP contribution in [0.3, 0.4) is 0 Å². The predicted octanol–water partition coefficient (Wildman–Crippen LogP) is 3.51. The van der Waals surface area contributed by atoms with Crippen LogP contribution in [0.15, 0.2) is 36.4 Å². The van der Waals surface area contributed by atoms with Gasteiger partial charge in [0, 0.05) is 17.0 Å². The van der Waals surface area contributed by atoms with Crippen LogP contribution >= 0.6 is 0 Å². The van der Waals surface area contributed by atoms with Gasteiger partial charge >= 0.3 is 0 Å². The average molecular weight is 257 g/mol. The third-order valence-corrected chi connectivity index (χ3v) is 2.92. The van der Waals surface area contributed by atoms with Crippen molar-refractivity contribution in [2.24, 2.45) is 0 Å². The summed E-state index contributed by atoms with van der Waals surface area (Å²) >= 11 is 0. The first kappa shape index (κ1) is 13.4. The van der Waals surface area contributed by atoms with E-state index in [0.717, 1.165) is 28.1 Å². The molecule has 0 unspecified atom stereocenters. The molecule has 1 aromatic heterocycles. The molecule has 0 aliphatic rings. The summed E-state index contributed by atoms with van der Waals surface area (Å²) in [6, 6.07) is 8.36. The highest BCUT2D eigenvalue weighted by atomic mass is 19.1. The smallest absolute Gasteiger partial charge is 0.123 e. The first-order valence-corrected chi connectivity index (χ1v) is 6.13. The average Bonchev–Trinajstić information content (AvgIpc) is 2.38. The van der Waals surface area contributed by atoms with E-state index in [-0.39, 0.29) is 12.4 Å². The fourth-order valence-corrected chi connectivity index (χ4v) is 2.09. The van der Waals surface area contributed by atoms with Gasteiger partial charge in [0.05, 0.1) is 6.61 Å². The third kappa shape index (κ3) is 3.06. The van der Waals surface area contributed by atoms with Gasteiger partial charge in [0.15, 0.2) is 0 Å². The van der Waals surface area contributed by atoms with Gasteiger partial charge in [-0.3, -0.25) is 4.98 Å². The first-order valence-electron chi connectivity index (χ1n) is 6.13. The van der Waals surface area contributed by atoms with Crippen molar-refractivity contribution in [3.05, 3.63) is 59.2 Å². The topological polar surface area (TPSA) is 33.1 Å². The molecule has 3 heteroatoms. The molecule has 0 atom stereocenters. The van der Waals surface area contributed by atoms with Crippen LogP contribution in [-0.4, -0.2) is 16.7 Å². The lowest BCUT2D eigenvalue weighted by Crippen LogP contribution is -1.95. The minimum absolute atomic E-state index is 0.0177. The molecule has 0 saturated heterocycles. The molecule has 0 bridgehead atoms. The molecule has 1 aromatic carbocycles. The highest BCUT2D eigenvalue weighted by Gasteiger charge is 2.08. The zero-order chi connectivity index (χ0) is 13.8. The van der Waals surface area contributed by atoms with Crippen molar-refractivity contribution < 1.29 is 9.50 Å². The molecular formula is C16H16FNO. The monoisotopic (exact) mass is 257 g/mol. The molecule has 1 heterocycles. The Hall–Kier alpha value is -2.00. The van der Waals surface area contributed by atoms with Crippen molar-refractivity contribution in [1.29, 1.82) is 0 Å². The SMILES string of the molecule is Cc1cc(-c2ccc(F)cc2)c(/C=C/CO)c(C)n1. The van der Waals surface area contributed by atoms with Crippen LogP contribution in [0.25, 0.3) is 17.2 Å². The van der Waals surface area contributed by atoms with Crippen LogP contribution in [0.1, 0.15) is 17.0 Å². The Labute approximate surface area is 112 Å². The molecule has 2 nitrogen and oxygen atoms in total. The predicted molar refractivity (Wildman–Crippen MR) is 75.2 cm³/mol. The first-order chi connectivity index (χ1) is 9.11. The number of hydrogen-bond donors (Lipinski definition) is 1. The van der Waals surface area contributed by atoms with E-state index >= 15 is 0 Å². The molecule has 19 heavy (non-hydrogen) atoms. The Morgan fingerprint density at radius 2 is 1.89 bits per heavy atom. The van der Waals surface area contributed by atoms with E-state index in [0.29, 0.717) is 0 Å². The lowest BCUT2D eigenvalue weighted by molar-refractivity contribution is 0.343. The number of rotatable bonds is 3. The Balaban J connectivity index is 2.60. The molecule has 98 valence electrons. The quantitative estimate of drug-likeness (QED) is 0.912. The molecule has 1 N–H and O–H groups in total. The van der Waals surface area contributed by atoms with Crippen molar-refractivity contribution in [3.63, 3.8) is 0 Å². The summed E-state index contributed by atoms with van der Waals surface area (Å²) in [6.45, 7) is 3.84. The summed E-state index contributed by atoms with van der Waals surface area (Å²) in [5, 5.41) is 8.91. The molecule has 0 aliphatic carbocycles. The second-order valence-corrected chi connectivity index (χ2v) is 4.40. The molecule has 0 radical (unpaired) electrons. The van der Waals surface area contributed by atoms with Crippen molar-refractivity contribution in [1.82, 2.24) is 4.98 Å². The van der Waals surface area contributed by atoms with E-state index in [2.05, 4.69) is 4.98 Å². The van der Waals surface area contributed by atoms with Gasteiger partial charge in [0.1, 0.15) is 5.82 Å². The molecule has 0 aliphatic heterocycles. The number of halogens is 1. The fourth-order valence-electron chi connectivity index (χ4n) is 2.09. The van der Waals surface area contributed by atoms with Crippen LogP contribution in [0.2, 0.25) is 0 Å². The van der Waals surface area contributed by atoms with E-state index in [4.69, 9.17) is 5.11 Å². The number of benzene rings is 1. The normalized spacial score (nSPS) is 11.2. The molecule has 0 spiro atoms. The van der Waals surface area contributed by atoms with Gasteiger partial charge in [0.25, 0.3) is 0 Å². The van der Waals surface area contributed by atoms with E-state index in [1.165, 1.54) is 12.1 Å². The zero-order valence-corrected chi connectivity index (χ0v) is 11.0. The van der Waals surface area contributed by atoms with Gasteiger partial charge in [0.2, 0.25) is 0 Å². The molecule has 2 aromatic rings. The van der Waals surface area contributed by atoms with Gasteiger partial charge in [-0.25, -0.2) is 4.39 Å². The number of aliphatic hydroxyl groups excluding tert-OH is 1. The van der Waals surface area contributed by atoms with E-state index in [9.17, 15) is 4.39 Å². The van der Waals surface area contributed by atoms with Gasteiger partial charge in [-0.05, 0) is 43.2 Å². The van der Waals surface area contributed by atoms with Gasteiger partial charge < -0.3 is 5.11 Å². The van der Waals surface area contributed by atoms with Gasteiger partial charge in [-0.1, -0.05) is 24.3 Å². The lowest BCUT2D eigenvalue weighted by Gasteiger charge is -2.11. The number of nitrogens with zero attached hydrogens (tertiary/aromatic N) is 1. The van der Waals surface area contributed by atoms with Crippen molar-refractivity contribution >= 4 is 6.08 Å². The Bertz CT molecular complexity index is 603. The summed E-state index contributed by atoms with van der Waals surface area (Å²) in [5.41, 5.74) is 4.69. The van der Waals surface area contributed by atoms with Crippen LogP contribution in [0.5, 0.6) is 0 Å². The maximum atomic E-state index is 13.0.